The Balaban J connectivity index is 1.93. The van der Waals surface area contributed by atoms with Crippen molar-refractivity contribution in [2.24, 2.45) is 0 Å². The third-order valence-electron chi connectivity index (χ3n) is 4.07. The van der Waals surface area contributed by atoms with E-state index in [0.717, 1.165) is 6.42 Å². The van der Waals surface area contributed by atoms with E-state index >= 15 is 0 Å². The predicted octanol–water partition coefficient (Wildman–Crippen LogP) is 2.56. The molecule has 0 amide bonds. The van der Waals surface area contributed by atoms with Crippen molar-refractivity contribution in [3.63, 3.8) is 0 Å². The van der Waals surface area contributed by atoms with E-state index in [1.54, 1.807) is 0 Å². The fraction of sp³-hybridized carbons (Fsp3) is 0.571. The maximum absolute atomic E-state index is 9.52. The van der Waals surface area contributed by atoms with Gasteiger partial charge in [0.15, 0.2) is 0 Å². The van der Waals surface area contributed by atoms with Crippen molar-refractivity contribution in [1.29, 1.82) is 0 Å². The molecule has 2 heteroatoms. The quantitative estimate of drug-likeness (QED) is 0.757. The smallest absolute Gasteiger partial charge is 0.115 e. The lowest BCUT2D eigenvalue weighted by Crippen LogP contribution is -2.31. The fourth-order valence-electron chi connectivity index (χ4n) is 3.31. The monoisotopic (exact) mass is 217 g/mol. The number of phenolic OH excluding ortho intramolecular Hbond substituents is 1. The lowest BCUT2D eigenvalue weighted by Gasteiger charge is -2.30. The van der Waals surface area contributed by atoms with E-state index in [0.29, 0.717) is 17.7 Å². The maximum atomic E-state index is 9.52. The van der Waals surface area contributed by atoms with E-state index in [1.165, 1.54) is 43.4 Å². The van der Waals surface area contributed by atoms with Gasteiger partial charge < -0.3 is 10.4 Å². The summed E-state index contributed by atoms with van der Waals surface area (Å²) < 4.78 is 0. The number of hydrogen-bond acceptors (Lipinski definition) is 2. The summed E-state index contributed by atoms with van der Waals surface area (Å²) in [6.07, 6.45) is 6.32. The summed E-state index contributed by atoms with van der Waals surface area (Å²) in [5, 5.41) is 13.1. The van der Waals surface area contributed by atoms with Gasteiger partial charge >= 0.3 is 0 Å². The van der Waals surface area contributed by atoms with Crippen molar-refractivity contribution in [3.05, 3.63) is 29.3 Å². The number of aryl methyl sites for hydroxylation is 1. The van der Waals surface area contributed by atoms with Gasteiger partial charge in [-0.2, -0.15) is 0 Å². The largest absolute Gasteiger partial charge is 0.508 e. The highest BCUT2D eigenvalue weighted by Gasteiger charge is 2.29. The first-order valence-electron chi connectivity index (χ1n) is 6.40. The van der Waals surface area contributed by atoms with Crippen LogP contribution in [-0.2, 0) is 6.42 Å². The molecule has 0 bridgehead atoms. The molecule has 1 saturated heterocycles. The summed E-state index contributed by atoms with van der Waals surface area (Å²) in [5.74, 6) is 1.09. The van der Waals surface area contributed by atoms with Crippen molar-refractivity contribution in [1.82, 2.24) is 5.32 Å². The number of nitrogens with one attached hydrogen (secondary N) is 1. The van der Waals surface area contributed by atoms with E-state index in [9.17, 15) is 5.11 Å². The molecular weight excluding hydrogens is 198 g/mol. The summed E-state index contributed by atoms with van der Waals surface area (Å²) >= 11 is 0. The molecule has 1 aliphatic heterocycles. The Morgan fingerprint density at radius 2 is 2.12 bits per heavy atom. The Kier molecular flexibility index (Phi) is 2.60. The van der Waals surface area contributed by atoms with E-state index in [-0.39, 0.29) is 0 Å². The molecule has 0 saturated carbocycles. The molecule has 2 aliphatic rings. The van der Waals surface area contributed by atoms with Crippen molar-refractivity contribution < 1.29 is 5.11 Å². The van der Waals surface area contributed by atoms with Crippen LogP contribution in [0.25, 0.3) is 0 Å². The lowest BCUT2D eigenvalue weighted by molar-refractivity contribution is 0.428. The highest BCUT2D eigenvalue weighted by molar-refractivity contribution is 5.39. The summed E-state index contributed by atoms with van der Waals surface area (Å²) in [6, 6.07) is 6.60. The molecule has 0 aromatic heterocycles. The highest BCUT2D eigenvalue weighted by Crippen LogP contribution is 2.37. The predicted molar refractivity (Wildman–Crippen MR) is 64.8 cm³/mol. The Hall–Kier alpha value is -1.02. The molecule has 2 nitrogen and oxygen atoms in total. The van der Waals surface area contributed by atoms with Crippen molar-refractivity contribution in [2.45, 2.75) is 44.1 Å². The second-order valence-corrected chi connectivity index (χ2v) is 5.08. The van der Waals surface area contributed by atoms with Crippen LogP contribution in [-0.4, -0.2) is 17.7 Å². The maximum Gasteiger partial charge on any atom is 0.115 e. The SMILES string of the molecule is Oc1ccc2c(c1)CCCC2C1CCCN1. The Labute approximate surface area is 96.7 Å². The minimum atomic E-state index is 0.416. The first-order chi connectivity index (χ1) is 7.84. The summed E-state index contributed by atoms with van der Waals surface area (Å²) in [7, 11) is 0. The van der Waals surface area contributed by atoms with E-state index in [2.05, 4.69) is 11.4 Å². The molecule has 0 spiro atoms. The second-order valence-electron chi connectivity index (χ2n) is 5.08. The zero-order valence-corrected chi connectivity index (χ0v) is 9.58. The van der Waals surface area contributed by atoms with Crippen LogP contribution in [0.3, 0.4) is 0 Å². The van der Waals surface area contributed by atoms with Crippen LogP contribution in [0.15, 0.2) is 18.2 Å². The van der Waals surface area contributed by atoms with Gasteiger partial charge in [-0.1, -0.05) is 6.07 Å². The van der Waals surface area contributed by atoms with Gasteiger partial charge in [0.2, 0.25) is 0 Å². The normalized spacial score (nSPS) is 29.0. The minimum Gasteiger partial charge on any atom is -0.508 e. The third kappa shape index (κ3) is 1.71. The van der Waals surface area contributed by atoms with Crippen LogP contribution in [0.1, 0.15) is 42.7 Å². The lowest BCUT2D eigenvalue weighted by atomic mass is 9.78. The standard InChI is InChI=1S/C14H19NO/c16-11-6-7-12-10(9-11)3-1-4-13(12)14-5-2-8-15-14/h6-7,9,13-16H,1-5,8H2. The molecule has 3 rings (SSSR count). The number of hydrogen-bond donors (Lipinski definition) is 2. The van der Waals surface area contributed by atoms with Gasteiger partial charge in [0.05, 0.1) is 0 Å². The Bertz CT molecular complexity index is 382. The number of benzene rings is 1. The van der Waals surface area contributed by atoms with Gasteiger partial charge in [0.1, 0.15) is 5.75 Å². The molecule has 0 radical (unpaired) electrons. The molecule has 1 aromatic carbocycles. The number of phenols is 1. The summed E-state index contributed by atoms with van der Waals surface area (Å²) in [4.78, 5) is 0. The molecular formula is C14H19NO. The van der Waals surface area contributed by atoms with Crippen LogP contribution < -0.4 is 5.32 Å². The molecule has 2 atom stereocenters. The van der Waals surface area contributed by atoms with Crippen LogP contribution >= 0.6 is 0 Å². The molecule has 86 valence electrons. The zero-order valence-electron chi connectivity index (χ0n) is 9.58. The zero-order chi connectivity index (χ0) is 11.0. The van der Waals surface area contributed by atoms with Crippen LogP contribution in [0.2, 0.25) is 0 Å². The average molecular weight is 217 g/mol. The minimum absolute atomic E-state index is 0.416. The molecule has 1 fully saturated rings. The number of rotatable bonds is 1. The van der Waals surface area contributed by atoms with Gasteiger partial charge in [0.25, 0.3) is 0 Å². The van der Waals surface area contributed by atoms with Gasteiger partial charge in [-0.05, 0) is 67.8 Å². The summed E-state index contributed by atoms with van der Waals surface area (Å²) in [5.41, 5.74) is 2.84. The second kappa shape index (κ2) is 4.10. The van der Waals surface area contributed by atoms with Crippen molar-refractivity contribution in [2.75, 3.05) is 6.54 Å². The molecule has 1 aliphatic carbocycles. The number of aromatic hydroxyl groups is 1. The van der Waals surface area contributed by atoms with E-state index in [4.69, 9.17) is 0 Å². The number of fused-ring (bicyclic) bond motifs is 1. The summed E-state index contributed by atoms with van der Waals surface area (Å²) in [6.45, 7) is 1.18. The van der Waals surface area contributed by atoms with E-state index < -0.39 is 0 Å². The third-order valence-corrected chi connectivity index (χ3v) is 4.07. The Morgan fingerprint density at radius 1 is 1.19 bits per heavy atom. The first kappa shape index (κ1) is 10.2. The molecule has 1 heterocycles. The van der Waals surface area contributed by atoms with Gasteiger partial charge in [0, 0.05) is 6.04 Å². The van der Waals surface area contributed by atoms with Crippen LogP contribution in [0.4, 0.5) is 0 Å². The van der Waals surface area contributed by atoms with E-state index in [1.807, 2.05) is 12.1 Å². The molecule has 2 N–H and O–H groups in total. The average Bonchev–Trinajstić information content (AvgIpc) is 2.81. The fourth-order valence-corrected chi connectivity index (χ4v) is 3.31. The van der Waals surface area contributed by atoms with Crippen molar-refractivity contribution in [3.8, 4) is 5.75 Å². The molecule has 2 unspecified atom stereocenters. The van der Waals surface area contributed by atoms with Gasteiger partial charge in [-0.3, -0.25) is 0 Å². The van der Waals surface area contributed by atoms with Gasteiger partial charge in [-0.25, -0.2) is 0 Å². The highest BCUT2D eigenvalue weighted by atomic mass is 16.3. The topological polar surface area (TPSA) is 32.3 Å². The van der Waals surface area contributed by atoms with Crippen LogP contribution in [0, 0.1) is 0 Å². The first-order valence-corrected chi connectivity index (χ1v) is 6.40. The van der Waals surface area contributed by atoms with Crippen LogP contribution in [0.5, 0.6) is 5.75 Å². The van der Waals surface area contributed by atoms with Gasteiger partial charge in [-0.15, -0.1) is 0 Å². The molecule has 1 aromatic rings. The Morgan fingerprint density at radius 3 is 2.94 bits per heavy atom. The van der Waals surface area contributed by atoms with Crippen molar-refractivity contribution >= 4 is 0 Å². The molecule has 16 heavy (non-hydrogen) atoms.